The summed E-state index contributed by atoms with van der Waals surface area (Å²) < 4.78 is 0. The van der Waals surface area contributed by atoms with Crippen LogP contribution in [0.25, 0.3) is 11.0 Å². The van der Waals surface area contributed by atoms with Crippen LogP contribution in [0.5, 0.6) is 0 Å². The average Bonchev–Trinajstić information content (AvgIpc) is 2.67. The standard InChI is InChI=1S/C11H9N5O/c12-5-13-11-15-8-3-6-1-2-10(17)14-7(6)4-9(8)16-11/h3-4H,1-2H2,(H,14,17)(H2,13,15,16). The summed E-state index contributed by atoms with van der Waals surface area (Å²) in [7, 11) is 0. The number of carbonyl (C=O) groups excluding carboxylic acids is 1. The van der Waals surface area contributed by atoms with E-state index < -0.39 is 0 Å². The van der Waals surface area contributed by atoms with Gasteiger partial charge in [-0.3, -0.25) is 10.1 Å². The molecule has 3 rings (SSSR count). The molecule has 0 unspecified atom stereocenters. The third kappa shape index (κ3) is 1.58. The third-order valence-corrected chi connectivity index (χ3v) is 2.78. The van der Waals surface area contributed by atoms with E-state index in [0.717, 1.165) is 28.7 Å². The van der Waals surface area contributed by atoms with Gasteiger partial charge in [0, 0.05) is 12.1 Å². The molecule has 0 fully saturated rings. The van der Waals surface area contributed by atoms with Crippen molar-refractivity contribution in [3.63, 3.8) is 0 Å². The number of benzene rings is 1. The Morgan fingerprint density at radius 2 is 2.29 bits per heavy atom. The molecule has 1 amide bonds. The lowest BCUT2D eigenvalue weighted by Crippen LogP contribution is -2.18. The second-order valence-electron chi connectivity index (χ2n) is 3.90. The van der Waals surface area contributed by atoms with Crippen molar-refractivity contribution >= 4 is 28.6 Å². The number of anilines is 2. The van der Waals surface area contributed by atoms with Crippen LogP contribution < -0.4 is 10.6 Å². The zero-order valence-electron chi connectivity index (χ0n) is 8.87. The summed E-state index contributed by atoms with van der Waals surface area (Å²) in [5.41, 5.74) is 3.48. The van der Waals surface area contributed by atoms with E-state index in [-0.39, 0.29) is 5.91 Å². The first-order valence-electron chi connectivity index (χ1n) is 5.24. The lowest BCUT2D eigenvalue weighted by atomic mass is 10.0. The highest BCUT2D eigenvalue weighted by atomic mass is 16.1. The van der Waals surface area contributed by atoms with Gasteiger partial charge in [-0.25, -0.2) is 4.98 Å². The summed E-state index contributed by atoms with van der Waals surface area (Å²) >= 11 is 0. The van der Waals surface area contributed by atoms with E-state index in [9.17, 15) is 4.79 Å². The molecule has 0 radical (unpaired) electrons. The number of hydrogen-bond donors (Lipinski definition) is 3. The quantitative estimate of drug-likeness (QED) is 0.506. The molecule has 1 aliphatic heterocycles. The summed E-state index contributed by atoms with van der Waals surface area (Å²) in [6.07, 6.45) is 3.04. The normalized spacial score (nSPS) is 13.9. The summed E-state index contributed by atoms with van der Waals surface area (Å²) in [6.45, 7) is 0. The van der Waals surface area contributed by atoms with Crippen LogP contribution in [0.3, 0.4) is 0 Å². The number of imidazole rings is 1. The van der Waals surface area contributed by atoms with E-state index in [1.54, 1.807) is 0 Å². The molecule has 0 spiro atoms. The first-order chi connectivity index (χ1) is 8.26. The second kappa shape index (κ2) is 3.49. The topological polar surface area (TPSA) is 93.6 Å². The SMILES string of the molecule is N#CNc1nc2cc3c(cc2[nH]1)NC(=O)CC3. The fraction of sp³-hybridized carbons (Fsp3) is 0.182. The molecule has 17 heavy (non-hydrogen) atoms. The van der Waals surface area contributed by atoms with Gasteiger partial charge in [-0.15, -0.1) is 0 Å². The van der Waals surface area contributed by atoms with Crippen LogP contribution in [0.2, 0.25) is 0 Å². The maximum Gasteiger partial charge on any atom is 0.224 e. The van der Waals surface area contributed by atoms with Crippen molar-refractivity contribution in [2.24, 2.45) is 0 Å². The Balaban J connectivity index is 2.12. The summed E-state index contributed by atoms with van der Waals surface area (Å²) in [5, 5.41) is 13.8. The minimum absolute atomic E-state index is 0.0340. The molecule has 6 nitrogen and oxygen atoms in total. The minimum atomic E-state index is 0.0340. The number of aromatic nitrogens is 2. The van der Waals surface area contributed by atoms with Gasteiger partial charge in [0.15, 0.2) is 6.19 Å². The summed E-state index contributed by atoms with van der Waals surface area (Å²) in [5.74, 6) is 0.447. The van der Waals surface area contributed by atoms with Crippen LogP contribution >= 0.6 is 0 Å². The van der Waals surface area contributed by atoms with Crippen molar-refractivity contribution in [3.8, 4) is 6.19 Å². The molecule has 1 aromatic heterocycles. The van der Waals surface area contributed by atoms with Crippen molar-refractivity contribution in [2.45, 2.75) is 12.8 Å². The molecule has 84 valence electrons. The molecule has 0 saturated heterocycles. The van der Waals surface area contributed by atoms with Gasteiger partial charge in [-0.05, 0) is 24.1 Å². The Labute approximate surface area is 96.6 Å². The monoisotopic (exact) mass is 227 g/mol. The molecule has 0 atom stereocenters. The first kappa shape index (κ1) is 9.66. The molecule has 0 aliphatic carbocycles. The van der Waals surface area contributed by atoms with Gasteiger partial charge in [-0.1, -0.05) is 0 Å². The summed E-state index contributed by atoms with van der Waals surface area (Å²) in [4.78, 5) is 18.5. The van der Waals surface area contributed by atoms with Crippen molar-refractivity contribution < 1.29 is 4.79 Å². The largest absolute Gasteiger partial charge is 0.326 e. The summed E-state index contributed by atoms with van der Waals surface area (Å²) in [6, 6.07) is 3.78. The number of hydrogen-bond acceptors (Lipinski definition) is 4. The fourth-order valence-electron chi connectivity index (χ4n) is 2.00. The fourth-order valence-corrected chi connectivity index (χ4v) is 2.00. The van der Waals surface area contributed by atoms with Crippen LogP contribution in [-0.4, -0.2) is 15.9 Å². The molecular weight excluding hydrogens is 218 g/mol. The molecule has 3 N–H and O–H groups in total. The van der Waals surface area contributed by atoms with Gasteiger partial charge in [-0.2, -0.15) is 5.26 Å². The number of amides is 1. The predicted molar refractivity (Wildman–Crippen MR) is 62.3 cm³/mol. The number of nitrogens with zero attached hydrogens (tertiary/aromatic N) is 2. The number of nitriles is 1. The van der Waals surface area contributed by atoms with Gasteiger partial charge >= 0.3 is 0 Å². The number of fused-ring (bicyclic) bond motifs is 2. The van der Waals surface area contributed by atoms with Crippen molar-refractivity contribution in [1.82, 2.24) is 9.97 Å². The maximum atomic E-state index is 11.3. The predicted octanol–water partition coefficient (Wildman–Crippen LogP) is 1.34. The van der Waals surface area contributed by atoms with Crippen LogP contribution in [0.15, 0.2) is 12.1 Å². The van der Waals surface area contributed by atoms with Crippen LogP contribution in [-0.2, 0) is 11.2 Å². The Kier molecular flexibility index (Phi) is 1.98. The molecule has 1 aliphatic rings. The van der Waals surface area contributed by atoms with Crippen molar-refractivity contribution in [3.05, 3.63) is 17.7 Å². The lowest BCUT2D eigenvalue weighted by molar-refractivity contribution is -0.116. The Morgan fingerprint density at radius 3 is 3.12 bits per heavy atom. The number of nitrogens with one attached hydrogen (secondary N) is 3. The van der Waals surface area contributed by atoms with Gasteiger partial charge in [0.05, 0.1) is 11.0 Å². The van der Waals surface area contributed by atoms with E-state index in [0.29, 0.717) is 12.4 Å². The number of rotatable bonds is 1. The molecule has 6 heteroatoms. The Morgan fingerprint density at radius 1 is 1.41 bits per heavy atom. The first-order valence-corrected chi connectivity index (χ1v) is 5.24. The number of H-pyrrole nitrogens is 1. The van der Waals surface area contributed by atoms with Gasteiger partial charge < -0.3 is 10.3 Å². The number of aromatic amines is 1. The Bertz CT molecular complexity index is 652. The van der Waals surface area contributed by atoms with Crippen molar-refractivity contribution in [1.29, 1.82) is 5.26 Å². The van der Waals surface area contributed by atoms with Crippen LogP contribution in [0.1, 0.15) is 12.0 Å². The Hall–Kier alpha value is -2.55. The smallest absolute Gasteiger partial charge is 0.224 e. The molecular formula is C11H9N5O. The molecule has 2 aromatic rings. The zero-order chi connectivity index (χ0) is 11.8. The molecule has 0 saturated carbocycles. The lowest BCUT2D eigenvalue weighted by Gasteiger charge is -2.16. The molecule has 1 aromatic carbocycles. The van der Waals surface area contributed by atoms with E-state index in [2.05, 4.69) is 20.6 Å². The average molecular weight is 227 g/mol. The highest BCUT2D eigenvalue weighted by Gasteiger charge is 2.16. The van der Waals surface area contributed by atoms with E-state index in [1.807, 2.05) is 18.3 Å². The highest BCUT2D eigenvalue weighted by Crippen LogP contribution is 2.27. The van der Waals surface area contributed by atoms with E-state index >= 15 is 0 Å². The van der Waals surface area contributed by atoms with Gasteiger partial charge in [0.1, 0.15) is 0 Å². The van der Waals surface area contributed by atoms with Crippen molar-refractivity contribution in [2.75, 3.05) is 10.6 Å². The number of aryl methyl sites for hydroxylation is 1. The number of carbonyl (C=O) groups is 1. The third-order valence-electron chi connectivity index (χ3n) is 2.78. The van der Waals surface area contributed by atoms with E-state index in [1.165, 1.54) is 0 Å². The van der Waals surface area contributed by atoms with Crippen LogP contribution in [0, 0.1) is 11.5 Å². The minimum Gasteiger partial charge on any atom is -0.326 e. The molecule has 0 bridgehead atoms. The van der Waals surface area contributed by atoms with Gasteiger partial charge in [0.2, 0.25) is 11.9 Å². The zero-order valence-corrected chi connectivity index (χ0v) is 8.87. The maximum absolute atomic E-state index is 11.3. The van der Waals surface area contributed by atoms with E-state index in [4.69, 9.17) is 5.26 Å². The highest BCUT2D eigenvalue weighted by molar-refractivity contribution is 5.97. The molecule has 2 heterocycles. The van der Waals surface area contributed by atoms with Crippen LogP contribution in [0.4, 0.5) is 11.6 Å². The van der Waals surface area contributed by atoms with Gasteiger partial charge in [0.25, 0.3) is 0 Å². The second-order valence-corrected chi connectivity index (χ2v) is 3.90.